The zero-order valence-corrected chi connectivity index (χ0v) is 9.77. The minimum atomic E-state index is -0.288. The van der Waals surface area contributed by atoms with E-state index >= 15 is 0 Å². The average molecular weight is 244 g/mol. The second-order valence-corrected chi connectivity index (χ2v) is 3.89. The predicted molar refractivity (Wildman–Crippen MR) is 62.8 cm³/mol. The van der Waals surface area contributed by atoms with E-state index in [-0.39, 0.29) is 18.3 Å². The molecule has 0 saturated carbocycles. The minimum Gasteiger partial charge on any atom is -0.352 e. The highest BCUT2D eigenvalue weighted by Crippen LogP contribution is 2.05. The number of nitrogens with one attached hydrogen (secondary N) is 1. The molecule has 1 N–H and O–H groups in total. The fourth-order valence-electron chi connectivity index (χ4n) is 1.30. The van der Waals surface area contributed by atoms with Crippen LogP contribution in [0.2, 0.25) is 0 Å². The normalized spacial score (nSPS) is 10.1. The average Bonchev–Trinajstić information content (AvgIpc) is 2.28. The van der Waals surface area contributed by atoms with Gasteiger partial charge >= 0.3 is 0 Å². The zero-order chi connectivity index (χ0) is 11.8. The van der Waals surface area contributed by atoms with Crippen molar-refractivity contribution in [1.82, 2.24) is 5.32 Å². The number of carbonyl (C=O) groups excluding carboxylic acids is 1. The highest BCUT2D eigenvalue weighted by molar-refractivity contribution is 6.17. The summed E-state index contributed by atoms with van der Waals surface area (Å²) in [6, 6.07) is 6.42. The molecule has 0 aromatic heterocycles. The van der Waals surface area contributed by atoms with Crippen molar-refractivity contribution in [3.63, 3.8) is 0 Å². The quantitative estimate of drug-likeness (QED) is 0.604. The predicted octanol–water partition coefficient (Wildman–Crippen LogP) is 2.85. The lowest BCUT2D eigenvalue weighted by molar-refractivity contribution is -0.121. The summed E-state index contributed by atoms with van der Waals surface area (Å²) >= 11 is 5.50. The van der Waals surface area contributed by atoms with Gasteiger partial charge in [0.05, 0.1) is 0 Å². The molecule has 0 spiro atoms. The van der Waals surface area contributed by atoms with Gasteiger partial charge in [-0.25, -0.2) is 4.39 Å². The Morgan fingerprint density at radius 1 is 1.31 bits per heavy atom. The maximum absolute atomic E-state index is 13.2. The lowest BCUT2D eigenvalue weighted by Crippen LogP contribution is -2.22. The molecule has 1 aromatic rings. The first-order chi connectivity index (χ1) is 7.74. The van der Waals surface area contributed by atoms with Crippen LogP contribution in [0.15, 0.2) is 24.3 Å². The number of amides is 1. The maximum Gasteiger partial charge on any atom is 0.220 e. The molecular weight excluding hydrogens is 229 g/mol. The molecule has 0 radical (unpaired) electrons. The van der Waals surface area contributed by atoms with Crippen LogP contribution in [0.25, 0.3) is 0 Å². The third-order valence-corrected chi connectivity index (χ3v) is 2.49. The van der Waals surface area contributed by atoms with Gasteiger partial charge in [0, 0.05) is 24.4 Å². The molecule has 88 valence electrons. The molecule has 0 bridgehead atoms. The molecule has 0 saturated heterocycles. The van der Waals surface area contributed by atoms with Gasteiger partial charge in [0.2, 0.25) is 5.91 Å². The van der Waals surface area contributed by atoms with Gasteiger partial charge in [0.25, 0.3) is 0 Å². The number of benzene rings is 1. The van der Waals surface area contributed by atoms with Crippen molar-refractivity contribution < 1.29 is 9.18 Å². The van der Waals surface area contributed by atoms with Gasteiger partial charge in [-0.05, 0) is 18.9 Å². The molecule has 0 unspecified atom stereocenters. The maximum atomic E-state index is 13.2. The summed E-state index contributed by atoms with van der Waals surface area (Å²) in [6.07, 6.45) is 2.04. The van der Waals surface area contributed by atoms with Crippen molar-refractivity contribution in [2.75, 3.05) is 5.88 Å². The Labute approximate surface area is 99.8 Å². The van der Waals surface area contributed by atoms with Crippen LogP contribution in [0.5, 0.6) is 0 Å². The second-order valence-electron chi connectivity index (χ2n) is 3.51. The smallest absolute Gasteiger partial charge is 0.220 e. The lowest BCUT2D eigenvalue weighted by Gasteiger charge is -2.05. The minimum absolute atomic E-state index is 0.0617. The van der Waals surface area contributed by atoms with Gasteiger partial charge in [0.15, 0.2) is 0 Å². The van der Waals surface area contributed by atoms with Gasteiger partial charge in [-0.3, -0.25) is 4.79 Å². The largest absolute Gasteiger partial charge is 0.352 e. The van der Waals surface area contributed by atoms with E-state index in [1.807, 2.05) is 0 Å². The van der Waals surface area contributed by atoms with Gasteiger partial charge in [-0.2, -0.15) is 0 Å². The summed E-state index contributed by atoms with van der Waals surface area (Å²) in [5, 5.41) is 2.68. The Hall–Kier alpha value is -1.09. The number of carbonyl (C=O) groups is 1. The number of unbranched alkanes of at least 4 members (excludes halogenated alkanes) is 1. The van der Waals surface area contributed by atoms with E-state index in [0.717, 1.165) is 12.8 Å². The zero-order valence-electron chi connectivity index (χ0n) is 9.01. The van der Waals surface area contributed by atoms with Crippen molar-refractivity contribution in [2.45, 2.75) is 25.8 Å². The number of halogens is 2. The molecule has 0 aliphatic rings. The van der Waals surface area contributed by atoms with E-state index in [0.29, 0.717) is 17.9 Å². The van der Waals surface area contributed by atoms with Gasteiger partial charge in [-0.1, -0.05) is 18.2 Å². The third kappa shape index (κ3) is 4.62. The van der Waals surface area contributed by atoms with Gasteiger partial charge in [-0.15, -0.1) is 11.6 Å². The van der Waals surface area contributed by atoms with E-state index in [4.69, 9.17) is 11.6 Å². The van der Waals surface area contributed by atoms with Crippen molar-refractivity contribution >= 4 is 17.5 Å². The highest BCUT2D eigenvalue weighted by atomic mass is 35.5. The molecule has 4 heteroatoms. The molecule has 2 nitrogen and oxygen atoms in total. The number of alkyl halides is 1. The molecule has 0 heterocycles. The van der Waals surface area contributed by atoms with Crippen molar-refractivity contribution in [1.29, 1.82) is 0 Å². The van der Waals surface area contributed by atoms with E-state index in [9.17, 15) is 9.18 Å². The first-order valence-electron chi connectivity index (χ1n) is 5.30. The second kappa shape index (κ2) is 7.23. The Kier molecular flexibility index (Phi) is 5.86. The van der Waals surface area contributed by atoms with Crippen LogP contribution in [0.1, 0.15) is 24.8 Å². The molecule has 1 aromatic carbocycles. The molecule has 1 rings (SSSR count). The monoisotopic (exact) mass is 243 g/mol. The van der Waals surface area contributed by atoms with Crippen molar-refractivity contribution in [3.05, 3.63) is 35.6 Å². The summed E-state index contributed by atoms with van der Waals surface area (Å²) in [4.78, 5) is 11.3. The van der Waals surface area contributed by atoms with E-state index in [1.54, 1.807) is 18.2 Å². The lowest BCUT2D eigenvalue weighted by atomic mass is 10.2. The molecule has 16 heavy (non-hydrogen) atoms. The summed E-state index contributed by atoms with van der Waals surface area (Å²) in [7, 11) is 0. The summed E-state index contributed by atoms with van der Waals surface area (Å²) in [6.45, 7) is 0.242. The van der Waals surface area contributed by atoms with Crippen LogP contribution in [0.4, 0.5) is 4.39 Å². The first kappa shape index (κ1) is 13.0. The molecular formula is C12H15ClFNO. The standard InChI is InChI=1S/C12H15ClFNO/c13-8-4-3-7-12(16)15-9-10-5-1-2-6-11(10)14/h1-2,5-6H,3-4,7-9H2,(H,15,16). The molecule has 1 amide bonds. The molecule has 0 atom stereocenters. The SMILES string of the molecule is O=C(CCCCCl)NCc1ccccc1F. The number of hydrogen-bond donors (Lipinski definition) is 1. The number of hydrogen-bond acceptors (Lipinski definition) is 1. The van der Waals surface area contributed by atoms with Crippen LogP contribution < -0.4 is 5.32 Å². The van der Waals surface area contributed by atoms with E-state index < -0.39 is 0 Å². The fourth-order valence-corrected chi connectivity index (χ4v) is 1.49. The topological polar surface area (TPSA) is 29.1 Å². The van der Waals surface area contributed by atoms with Gasteiger partial charge < -0.3 is 5.32 Å². The summed E-state index contributed by atoms with van der Waals surface area (Å²) in [5.74, 6) is 0.220. The molecule has 0 fully saturated rings. The van der Waals surface area contributed by atoms with Gasteiger partial charge in [0.1, 0.15) is 5.82 Å². The van der Waals surface area contributed by atoms with E-state index in [1.165, 1.54) is 6.07 Å². The Morgan fingerprint density at radius 2 is 2.06 bits per heavy atom. The van der Waals surface area contributed by atoms with Crippen molar-refractivity contribution in [3.8, 4) is 0 Å². The third-order valence-electron chi connectivity index (χ3n) is 2.22. The Morgan fingerprint density at radius 3 is 2.75 bits per heavy atom. The molecule has 0 aliphatic heterocycles. The Balaban J connectivity index is 2.29. The Bertz CT molecular complexity index is 344. The van der Waals surface area contributed by atoms with Crippen molar-refractivity contribution in [2.24, 2.45) is 0 Å². The van der Waals surface area contributed by atoms with Crippen LogP contribution in [-0.2, 0) is 11.3 Å². The van der Waals surface area contributed by atoms with E-state index in [2.05, 4.69) is 5.32 Å². The summed E-state index contributed by atoms with van der Waals surface area (Å²) < 4.78 is 13.2. The summed E-state index contributed by atoms with van der Waals surface area (Å²) in [5.41, 5.74) is 0.508. The first-order valence-corrected chi connectivity index (χ1v) is 5.83. The van der Waals surface area contributed by atoms with Crippen LogP contribution >= 0.6 is 11.6 Å². The number of rotatable bonds is 6. The highest BCUT2D eigenvalue weighted by Gasteiger charge is 2.03. The van der Waals surface area contributed by atoms with Crippen LogP contribution in [-0.4, -0.2) is 11.8 Å². The molecule has 0 aliphatic carbocycles. The van der Waals surface area contributed by atoms with Crippen LogP contribution in [0.3, 0.4) is 0 Å². The fraction of sp³-hybridized carbons (Fsp3) is 0.417. The van der Waals surface area contributed by atoms with Crippen LogP contribution in [0, 0.1) is 5.82 Å².